The molecule has 0 bridgehead atoms. The Morgan fingerprint density at radius 2 is 2.09 bits per heavy atom. The molecule has 1 amide bonds. The summed E-state index contributed by atoms with van der Waals surface area (Å²) in [6.07, 6.45) is 1.83. The van der Waals surface area contributed by atoms with E-state index in [-0.39, 0.29) is 24.8 Å². The molecule has 23 heavy (non-hydrogen) atoms. The fourth-order valence-corrected chi connectivity index (χ4v) is 3.08. The summed E-state index contributed by atoms with van der Waals surface area (Å²) in [6.45, 7) is 3.71. The number of carbonyl (C=O) groups is 1. The summed E-state index contributed by atoms with van der Waals surface area (Å²) >= 11 is 0. The van der Waals surface area contributed by atoms with Gasteiger partial charge in [-0.25, -0.2) is 8.78 Å². The van der Waals surface area contributed by atoms with Gasteiger partial charge in [-0.1, -0.05) is 24.8 Å². The van der Waals surface area contributed by atoms with E-state index in [1.54, 1.807) is 0 Å². The van der Waals surface area contributed by atoms with Gasteiger partial charge in [-0.2, -0.15) is 5.10 Å². The maximum Gasteiger partial charge on any atom is 0.248 e. The normalized spacial score (nSPS) is 18.0. The van der Waals surface area contributed by atoms with Gasteiger partial charge in [-0.05, 0) is 25.0 Å². The highest BCUT2D eigenvalue weighted by Crippen LogP contribution is 2.39. The maximum absolute atomic E-state index is 13.4. The van der Waals surface area contributed by atoms with Gasteiger partial charge >= 0.3 is 0 Å². The first-order valence-corrected chi connectivity index (χ1v) is 7.74. The fraction of sp³-hybridized carbons (Fsp3) is 0.412. The lowest BCUT2D eigenvalue weighted by Crippen LogP contribution is -2.27. The smallest absolute Gasteiger partial charge is 0.248 e. The van der Waals surface area contributed by atoms with Gasteiger partial charge < -0.3 is 5.32 Å². The average Bonchev–Trinajstić information content (AvgIpc) is 2.91. The number of benzene rings is 1. The van der Waals surface area contributed by atoms with Crippen LogP contribution in [0.2, 0.25) is 0 Å². The summed E-state index contributed by atoms with van der Waals surface area (Å²) in [5, 5.41) is 8.25. The van der Waals surface area contributed by atoms with Gasteiger partial charge in [0.05, 0.1) is 23.8 Å². The summed E-state index contributed by atoms with van der Waals surface area (Å²) < 4.78 is 28.6. The summed E-state index contributed by atoms with van der Waals surface area (Å²) in [5.41, 5.74) is 1.67. The summed E-state index contributed by atoms with van der Waals surface area (Å²) in [5.74, 6) is -2.82. The zero-order chi connectivity index (χ0) is 16.4. The zero-order valence-electron chi connectivity index (χ0n) is 12.8. The molecule has 1 saturated carbocycles. The summed E-state index contributed by atoms with van der Waals surface area (Å²) in [7, 11) is 0. The molecule has 0 radical (unpaired) electrons. The van der Waals surface area contributed by atoms with Gasteiger partial charge in [-0.15, -0.1) is 0 Å². The van der Waals surface area contributed by atoms with Gasteiger partial charge in [0.15, 0.2) is 0 Å². The number of fused-ring (bicyclic) bond motifs is 1. The van der Waals surface area contributed by atoms with Crippen molar-refractivity contribution < 1.29 is 13.6 Å². The monoisotopic (exact) mass is 319 g/mol. The topological polar surface area (TPSA) is 46.9 Å². The molecule has 1 fully saturated rings. The van der Waals surface area contributed by atoms with Crippen molar-refractivity contribution in [2.75, 3.05) is 0 Å². The van der Waals surface area contributed by atoms with Crippen LogP contribution < -0.4 is 5.32 Å². The molecule has 0 unspecified atom stereocenters. The quantitative estimate of drug-likeness (QED) is 0.876. The first kappa shape index (κ1) is 15.6. The molecule has 122 valence electrons. The molecule has 1 aliphatic rings. The van der Waals surface area contributed by atoms with E-state index in [0.29, 0.717) is 19.4 Å². The number of aromatic nitrogens is 2. The van der Waals surface area contributed by atoms with E-state index in [4.69, 9.17) is 0 Å². The average molecular weight is 319 g/mol. The number of hydrogen-bond acceptors (Lipinski definition) is 2. The van der Waals surface area contributed by atoms with Crippen molar-refractivity contribution in [1.82, 2.24) is 15.1 Å². The third kappa shape index (κ3) is 3.25. The fourth-order valence-electron chi connectivity index (χ4n) is 3.08. The van der Waals surface area contributed by atoms with E-state index in [0.717, 1.165) is 16.6 Å². The second-order valence-corrected chi connectivity index (χ2v) is 5.92. The zero-order valence-corrected chi connectivity index (χ0v) is 12.8. The van der Waals surface area contributed by atoms with Gasteiger partial charge in [0, 0.05) is 18.2 Å². The predicted molar refractivity (Wildman–Crippen MR) is 84.2 cm³/mol. The molecular weight excluding hydrogens is 300 g/mol. The molecule has 4 nitrogen and oxygen atoms in total. The van der Waals surface area contributed by atoms with E-state index in [1.807, 2.05) is 28.9 Å². The van der Waals surface area contributed by atoms with Crippen LogP contribution >= 0.6 is 0 Å². The van der Waals surface area contributed by atoms with E-state index >= 15 is 0 Å². The molecule has 0 atom stereocenters. The van der Waals surface area contributed by atoms with Crippen LogP contribution in [0.4, 0.5) is 8.78 Å². The van der Waals surface area contributed by atoms with Gasteiger partial charge in [0.1, 0.15) is 0 Å². The number of amides is 1. The van der Waals surface area contributed by atoms with Crippen molar-refractivity contribution in [3.63, 3.8) is 0 Å². The third-order valence-electron chi connectivity index (χ3n) is 4.34. The van der Waals surface area contributed by atoms with Crippen LogP contribution in [-0.2, 0) is 11.3 Å². The maximum atomic E-state index is 13.4. The third-order valence-corrected chi connectivity index (χ3v) is 4.34. The van der Waals surface area contributed by atoms with Gasteiger partial charge in [0.25, 0.3) is 0 Å². The van der Waals surface area contributed by atoms with Crippen molar-refractivity contribution in [1.29, 1.82) is 0 Å². The molecule has 1 N–H and O–H groups in total. The van der Waals surface area contributed by atoms with Gasteiger partial charge in [-0.3, -0.25) is 9.48 Å². The van der Waals surface area contributed by atoms with Crippen molar-refractivity contribution >= 4 is 16.8 Å². The molecule has 6 heteroatoms. The standard InChI is InChI=1S/C17H19F2N3O/c1-2-16(23)20-11-14-13-5-3-4-6-15(13)22(21-14)12-7-9-17(18,19)10-8-12/h2-6,12H,1,7-11H2,(H,20,23). The molecule has 0 aliphatic heterocycles. The highest BCUT2D eigenvalue weighted by Gasteiger charge is 2.36. The Labute approximate surface area is 133 Å². The molecule has 1 aromatic heterocycles. The minimum atomic E-state index is -2.56. The predicted octanol–water partition coefficient (Wildman–Crippen LogP) is 3.59. The van der Waals surface area contributed by atoms with Crippen LogP contribution in [0.25, 0.3) is 10.9 Å². The van der Waals surface area contributed by atoms with Crippen LogP contribution in [-0.4, -0.2) is 21.6 Å². The highest BCUT2D eigenvalue weighted by molar-refractivity contribution is 5.87. The van der Waals surface area contributed by atoms with Crippen molar-refractivity contribution in [3.05, 3.63) is 42.6 Å². The molecule has 0 spiro atoms. The van der Waals surface area contributed by atoms with Crippen LogP contribution in [0, 0.1) is 0 Å². The second-order valence-electron chi connectivity index (χ2n) is 5.92. The van der Waals surface area contributed by atoms with E-state index in [2.05, 4.69) is 17.0 Å². The first-order valence-electron chi connectivity index (χ1n) is 7.74. The molecule has 1 heterocycles. The number of alkyl halides is 2. The minimum Gasteiger partial charge on any atom is -0.347 e. The number of rotatable bonds is 4. The van der Waals surface area contributed by atoms with Crippen molar-refractivity contribution in [2.24, 2.45) is 0 Å². The molecule has 3 rings (SSSR count). The minimum absolute atomic E-state index is 0.0246. The van der Waals surface area contributed by atoms with Crippen LogP contribution in [0.1, 0.15) is 37.4 Å². The lowest BCUT2D eigenvalue weighted by Gasteiger charge is -2.28. The van der Waals surface area contributed by atoms with Gasteiger partial charge in [0.2, 0.25) is 11.8 Å². The Kier molecular flexibility index (Phi) is 4.15. The Hall–Kier alpha value is -2.24. The van der Waals surface area contributed by atoms with Crippen LogP contribution in [0.15, 0.2) is 36.9 Å². The molecule has 2 aromatic rings. The SMILES string of the molecule is C=CC(=O)NCc1nn(C2CCC(F)(F)CC2)c2ccccc12. The number of nitrogens with zero attached hydrogens (tertiary/aromatic N) is 2. The lowest BCUT2D eigenvalue weighted by atomic mass is 9.92. The molecule has 1 aliphatic carbocycles. The number of hydrogen-bond donors (Lipinski definition) is 1. The van der Waals surface area contributed by atoms with E-state index in [1.165, 1.54) is 6.08 Å². The van der Waals surface area contributed by atoms with Crippen molar-refractivity contribution in [2.45, 2.75) is 44.2 Å². The largest absolute Gasteiger partial charge is 0.347 e. The molecule has 0 saturated heterocycles. The highest BCUT2D eigenvalue weighted by atomic mass is 19.3. The number of halogens is 2. The summed E-state index contributed by atoms with van der Waals surface area (Å²) in [6, 6.07) is 7.66. The number of nitrogens with one attached hydrogen (secondary N) is 1. The van der Waals surface area contributed by atoms with E-state index in [9.17, 15) is 13.6 Å². The Morgan fingerprint density at radius 1 is 1.39 bits per heavy atom. The lowest BCUT2D eigenvalue weighted by molar-refractivity contribution is -0.116. The molecular formula is C17H19F2N3O. The summed E-state index contributed by atoms with van der Waals surface area (Å²) in [4.78, 5) is 11.4. The van der Waals surface area contributed by atoms with E-state index < -0.39 is 5.92 Å². The van der Waals surface area contributed by atoms with Crippen LogP contribution in [0.3, 0.4) is 0 Å². The number of carbonyl (C=O) groups excluding carboxylic acids is 1. The second kappa shape index (κ2) is 6.10. The van der Waals surface area contributed by atoms with Crippen molar-refractivity contribution in [3.8, 4) is 0 Å². The Morgan fingerprint density at radius 3 is 2.78 bits per heavy atom. The Balaban J connectivity index is 1.89. The van der Waals surface area contributed by atoms with Crippen LogP contribution in [0.5, 0.6) is 0 Å². The Bertz CT molecular complexity index is 729. The number of para-hydroxylation sites is 1. The molecule has 1 aromatic carbocycles. The first-order chi connectivity index (χ1) is 11.0.